The van der Waals surface area contributed by atoms with Gasteiger partial charge in [0, 0.05) is 0 Å². The van der Waals surface area contributed by atoms with E-state index < -0.39 is 0 Å². The van der Waals surface area contributed by atoms with Crippen LogP contribution in [0.5, 0.6) is 10.8 Å². The molecule has 2 aromatic rings. The van der Waals surface area contributed by atoms with E-state index in [0.29, 0.717) is 5.06 Å². The average molecular weight is 226 g/mol. The fourth-order valence-electron chi connectivity index (χ4n) is 1.40. The van der Waals surface area contributed by atoms with Gasteiger partial charge in [0.25, 0.3) is 0 Å². The monoisotopic (exact) mass is 226 g/mol. The minimum absolute atomic E-state index is 0.351. The van der Waals surface area contributed by atoms with E-state index in [4.69, 9.17) is 4.74 Å². The number of thioether (sulfide) groups is 1. The number of fused-ring (bicyclic) bond motifs is 1. The highest BCUT2D eigenvalue weighted by Crippen LogP contribution is 2.41. The van der Waals surface area contributed by atoms with Gasteiger partial charge in [-0.15, -0.1) is 11.8 Å². The lowest BCUT2D eigenvalue weighted by Crippen LogP contribution is -1.84. The Morgan fingerprint density at radius 3 is 2.86 bits per heavy atom. The van der Waals surface area contributed by atoms with Gasteiger partial charge >= 0.3 is 0 Å². The van der Waals surface area contributed by atoms with Crippen LogP contribution >= 0.6 is 23.1 Å². The Bertz CT molecular complexity index is 462. The van der Waals surface area contributed by atoms with Crippen LogP contribution in [-0.4, -0.2) is 18.5 Å². The molecule has 0 aliphatic rings. The number of thiophene rings is 1. The Labute approximate surface area is 90.5 Å². The first-order valence-electron chi connectivity index (χ1n) is 4.09. The topological polar surface area (TPSA) is 29.5 Å². The number of ether oxygens (including phenoxy) is 1. The van der Waals surface area contributed by atoms with Crippen molar-refractivity contribution in [3.63, 3.8) is 0 Å². The molecule has 0 saturated heterocycles. The van der Waals surface area contributed by atoms with Crippen molar-refractivity contribution in [3.8, 4) is 10.8 Å². The minimum Gasteiger partial charge on any atom is -0.499 e. The fraction of sp³-hybridized carbons (Fsp3) is 0.200. The summed E-state index contributed by atoms with van der Waals surface area (Å²) in [5.74, 6) is 0.867. The molecule has 0 aliphatic heterocycles. The third-order valence-corrected chi connectivity index (χ3v) is 3.93. The fourth-order valence-corrected chi connectivity index (χ4v) is 3.26. The predicted octanol–water partition coefficient (Wildman–Crippen LogP) is 3.34. The molecule has 1 aromatic carbocycles. The van der Waals surface area contributed by atoms with E-state index in [1.54, 1.807) is 24.9 Å². The lowest BCUT2D eigenvalue weighted by Gasteiger charge is -2.06. The molecule has 2 nitrogen and oxygen atoms in total. The molecule has 4 heteroatoms. The van der Waals surface area contributed by atoms with Crippen molar-refractivity contribution in [2.75, 3.05) is 13.4 Å². The van der Waals surface area contributed by atoms with Crippen molar-refractivity contribution in [1.29, 1.82) is 0 Å². The molecule has 1 N–H and O–H groups in total. The maximum absolute atomic E-state index is 9.41. The lowest BCUT2D eigenvalue weighted by atomic mass is 10.2. The standard InChI is InChI=1S/C10H10O2S2/c1-12-7-4-3-6-5-8(11)14-9(6)10(7)13-2/h3-5,11H,1-2H3. The summed E-state index contributed by atoms with van der Waals surface area (Å²) in [4.78, 5) is 1.09. The predicted molar refractivity (Wildman–Crippen MR) is 61.8 cm³/mol. The highest BCUT2D eigenvalue weighted by Gasteiger charge is 2.10. The molecule has 0 spiro atoms. The van der Waals surface area contributed by atoms with Gasteiger partial charge in [-0.25, -0.2) is 0 Å². The zero-order valence-corrected chi connectivity index (χ0v) is 9.54. The van der Waals surface area contributed by atoms with Gasteiger partial charge in [0.1, 0.15) is 5.75 Å². The summed E-state index contributed by atoms with van der Waals surface area (Å²) in [6.45, 7) is 0. The van der Waals surface area contributed by atoms with Crippen LogP contribution in [0.1, 0.15) is 0 Å². The maximum atomic E-state index is 9.41. The molecular weight excluding hydrogens is 216 g/mol. The van der Waals surface area contributed by atoms with E-state index >= 15 is 0 Å². The Morgan fingerprint density at radius 2 is 2.21 bits per heavy atom. The third kappa shape index (κ3) is 1.44. The summed E-state index contributed by atoms with van der Waals surface area (Å²) in [6, 6.07) is 5.67. The molecule has 14 heavy (non-hydrogen) atoms. The molecule has 2 rings (SSSR count). The quantitative estimate of drug-likeness (QED) is 0.796. The summed E-state index contributed by atoms with van der Waals surface area (Å²) in [5, 5.41) is 10.8. The van der Waals surface area contributed by atoms with Gasteiger partial charge < -0.3 is 9.84 Å². The first-order valence-corrected chi connectivity index (χ1v) is 6.14. The Balaban J connectivity index is 2.75. The van der Waals surface area contributed by atoms with Crippen molar-refractivity contribution >= 4 is 33.2 Å². The second kappa shape index (κ2) is 3.71. The summed E-state index contributed by atoms with van der Waals surface area (Å²) >= 11 is 3.02. The molecular formula is C10H10O2S2. The Hall–Kier alpha value is -0.870. The normalized spacial score (nSPS) is 10.7. The second-order valence-corrected chi connectivity index (χ2v) is 4.65. The third-order valence-electron chi connectivity index (χ3n) is 2.02. The van der Waals surface area contributed by atoms with E-state index in [1.165, 1.54) is 11.3 Å². The van der Waals surface area contributed by atoms with E-state index in [1.807, 2.05) is 18.4 Å². The molecule has 0 atom stereocenters. The van der Waals surface area contributed by atoms with Crippen LogP contribution < -0.4 is 4.74 Å². The van der Waals surface area contributed by atoms with Gasteiger partial charge in [0.2, 0.25) is 0 Å². The number of rotatable bonds is 2. The molecule has 0 saturated carbocycles. The largest absolute Gasteiger partial charge is 0.499 e. The van der Waals surface area contributed by atoms with Gasteiger partial charge in [-0.1, -0.05) is 11.3 Å². The number of hydrogen-bond donors (Lipinski definition) is 1. The van der Waals surface area contributed by atoms with Crippen molar-refractivity contribution in [3.05, 3.63) is 18.2 Å². The zero-order chi connectivity index (χ0) is 10.1. The van der Waals surface area contributed by atoms with Gasteiger partial charge in [0.15, 0.2) is 5.06 Å². The van der Waals surface area contributed by atoms with Gasteiger partial charge in [-0.2, -0.15) is 0 Å². The highest BCUT2D eigenvalue weighted by molar-refractivity contribution is 7.99. The number of hydrogen-bond acceptors (Lipinski definition) is 4. The van der Waals surface area contributed by atoms with Crippen molar-refractivity contribution in [2.45, 2.75) is 4.90 Å². The molecule has 0 amide bonds. The van der Waals surface area contributed by atoms with Gasteiger partial charge in [-0.3, -0.25) is 0 Å². The SMILES string of the molecule is COc1ccc2cc(O)sc2c1SC. The van der Waals surface area contributed by atoms with E-state index in [-0.39, 0.29) is 0 Å². The Kier molecular flexibility index (Phi) is 2.56. The number of benzene rings is 1. The number of methoxy groups -OCH3 is 1. The smallest absolute Gasteiger partial charge is 0.172 e. The summed E-state index contributed by atoms with van der Waals surface area (Å²) in [6.07, 6.45) is 2.01. The van der Waals surface area contributed by atoms with E-state index in [0.717, 1.165) is 20.7 Å². The molecule has 0 unspecified atom stereocenters. The van der Waals surface area contributed by atoms with Crippen LogP contribution in [-0.2, 0) is 0 Å². The van der Waals surface area contributed by atoms with Crippen LogP contribution in [0.3, 0.4) is 0 Å². The molecule has 1 aromatic heterocycles. The Morgan fingerprint density at radius 1 is 1.43 bits per heavy atom. The summed E-state index contributed by atoms with van der Waals surface area (Å²) in [5.41, 5.74) is 0. The van der Waals surface area contributed by atoms with Crippen LogP contribution in [0, 0.1) is 0 Å². The highest BCUT2D eigenvalue weighted by atomic mass is 32.2. The maximum Gasteiger partial charge on any atom is 0.172 e. The van der Waals surface area contributed by atoms with Crippen molar-refractivity contribution in [2.24, 2.45) is 0 Å². The van der Waals surface area contributed by atoms with Crippen LogP contribution in [0.25, 0.3) is 10.1 Å². The van der Waals surface area contributed by atoms with Crippen LogP contribution in [0.2, 0.25) is 0 Å². The zero-order valence-electron chi connectivity index (χ0n) is 7.90. The summed E-state index contributed by atoms with van der Waals surface area (Å²) in [7, 11) is 1.66. The molecule has 0 radical (unpaired) electrons. The van der Waals surface area contributed by atoms with Gasteiger partial charge in [-0.05, 0) is 29.8 Å². The van der Waals surface area contributed by atoms with Crippen molar-refractivity contribution in [1.82, 2.24) is 0 Å². The molecule has 0 aliphatic carbocycles. The lowest BCUT2D eigenvalue weighted by molar-refractivity contribution is 0.406. The minimum atomic E-state index is 0.351. The van der Waals surface area contributed by atoms with Gasteiger partial charge in [0.05, 0.1) is 16.7 Å². The van der Waals surface area contributed by atoms with Crippen LogP contribution in [0.15, 0.2) is 23.1 Å². The first-order chi connectivity index (χ1) is 6.76. The summed E-state index contributed by atoms with van der Waals surface area (Å²) < 4.78 is 6.35. The molecule has 0 fully saturated rings. The average Bonchev–Trinajstić information content (AvgIpc) is 2.56. The second-order valence-electron chi connectivity index (χ2n) is 2.80. The molecule has 74 valence electrons. The molecule has 0 bridgehead atoms. The van der Waals surface area contributed by atoms with Crippen LogP contribution in [0.4, 0.5) is 0 Å². The van der Waals surface area contributed by atoms with E-state index in [2.05, 4.69) is 0 Å². The number of aromatic hydroxyl groups is 1. The van der Waals surface area contributed by atoms with Crippen molar-refractivity contribution < 1.29 is 9.84 Å². The van der Waals surface area contributed by atoms with E-state index in [9.17, 15) is 5.11 Å². The molecule has 1 heterocycles. The first kappa shape index (κ1) is 9.68.